The number of carbonyl (C=O) groups is 1. The molecule has 0 aliphatic carbocycles. The Bertz CT molecular complexity index is 136. The van der Waals surface area contributed by atoms with E-state index in [1.54, 1.807) is 0 Å². The first-order valence-corrected chi connectivity index (χ1v) is 3.78. The summed E-state index contributed by atoms with van der Waals surface area (Å²) in [6.07, 6.45) is 1.90. The van der Waals surface area contributed by atoms with Crippen LogP contribution in [0.3, 0.4) is 0 Å². The lowest BCUT2D eigenvalue weighted by Crippen LogP contribution is -2.34. The van der Waals surface area contributed by atoms with Crippen molar-refractivity contribution in [3.63, 3.8) is 0 Å². The van der Waals surface area contributed by atoms with Crippen LogP contribution >= 0.6 is 0 Å². The maximum Gasteiger partial charge on any atom is 0.222 e. The van der Waals surface area contributed by atoms with Crippen molar-refractivity contribution in [3.8, 4) is 0 Å². The Kier molecular flexibility index (Phi) is 2.27. The zero-order chi connectivity index (χ0) is 7.56. The van der Waals surface area contributed by atoms with Crippen LogP contribution in [-0.4, -0.2) is 18.5 Å². The largest absolute Gasteiger partial charge is 0.369 e. The molecule has 0 radical (unpaired) electrons. The number of hydrogen-bond acceptors (Lipinski definition) is 2. The molecule has 58 valence electrons. The first-order valence-electron chi connectivity index (χ1n) is 3.78. The summed E-state index contributed by atoms with van der Waals surface area (Å²) in [5, 5.41) is 3.24. The SMILES string of the molecule is CC[C@@H]1NCC[C@@H]1C(N)=O. The highest BCUT2D eigenvalue weighted by Gasteiger charge is 2.29. The van der Waals surface area contributed by atoms with E-state index in [-0.39, 0.29) is 11.8 Å². The smallest absolute Gasteiger partial charge is 0.222 e. The van der Waals surface area contributed by atoms with Crippen molar-refractivity contribution in [2.75, 3.05) is 6.54 Å². The van der Waals surface area contributed by atoms with Gasteiger partial charge in [-0.2, -0.15) is 0 Å². The van der Waals surface area contributed by atoms with Gasteiger partial charge < -0.3 is 11.1 Å². The maximum absolute atomic E-state index is 10.8. The second-order valence-electron chi connectivity index (χ2n) is 2.77. The highest BCUT2D eigenvalue weighted by Crippen LogP contribution is 2.16. The average molecular weight is 142 g/mol. The molecule has 3 N–H and O–H groups in total. The standard InChI is InChI=1S/C7H14N2O/c1-2-6-5(7(8)10)3-4-9-6/h5-6,9H,2-4H2,1H3,(H2,8,10)/t5-,6-/m0/s1. The highest BCUT2D eigenvalue weighted by molar-refractivity contribution is 5.77. The molecule has 0 aromatic heterocycles. The van der Waals surface area contributed by atoms with Gasteiger partial charge in [0.15, 0.2) is 0 Å². The molecule has 0 aromatic carbocycles. The molecule has 0 unspecified atom stereocenters. The number of carbonyl (C=O) groups excluding carboxylic acids is 1. The van der Waals surface area contributed by atoms with Crippen LogP contribution in [0, 0.1) is 5.92 Å². The van der Waals surface area contributed by atoms with Gasteiger partial charge in [-0.1, -0.05) is 6.92 Å². The third-order valence-corrected chi connectivity index (χ3v) is 2.15. The van der Waals surface area contributed by atoms with Crippen molar-refractivity contribution in [1.29, 1.82) is 0 Å². The molecule has 0 bridgehead atoms. The minimum Gasteiger partial charge on any atom is -0.369 e. The van der Waals surface area contributed by atoms with Crippen LogP contribution in [0.25, 0.3) is 0 Å². The van der Waals surface area contributed by atoms with E-state index < -0.39 is 0 Å². The van der Waals surface area contributed by atoms with Gasteiger partial charge in [0.2, 0.25) is 5.91 Å². The molecular weight excluding hydrogens is 128 g/mol. The fraction of sp³-hybridized carbons (Fsp3) is 0.857. The summed E-state index contributed by atoms with van der Waals surface area (Å²) in [6, 6.07) is 0.331. The zero-order valence-electron chi connectivity index (χ0n) is 6.26. The third kappa shape index (κ3) is 1.29. The van der Waals surface area contributed by atoms with E-state index in [1.807, 2.05) is 0 Å². The molecule has 1 saturated heterocycles. The van der Waals surface area contributed by atoms with E-state index >= 15 is 0 Å². The molecule has 3 heteroatoms. The van der Waals surface area contributed by atoms with Crippen LogP contribution in [0.1, 0.15) is 19.8 Å². The van der Waals surface area contributed by atoms with Gasteiger partial charge in [-0.3, -0.25) is 4.79 Å². The summed E-state index contributed by atoms with van der Waals surface area (Å²) >= 11 is 0. The van der Waals surface area contributed by atoms with Gasteiger partial charge >= 0.3 is 0 Å². The van der Waals surface area contributed by atoms with Gasteiger partial charge in [0.1, 0.15) is 0 Å². The lowest BCUT2D eigenvalue weighted by atomic mass is 9.98. The van der Waals surface area contributed by atoms with E-state index in [1.165, 1.54) is 0 Å². The molecule has 1 heterocycles. The Morgan fingerprint density at radius 3 is 2.90 bits per heavy atom. The van der Waals surface area contributed by atoms with Gasteiger partial charge in [-0.05, 0) is 19.4 Å². The van der Waals surface area contributed by atoms with Crippen molar-refractivity contribution >= 4 is 5.91 Å². The van der Waals surface area contributed by atoms with Crippen LogP contribution < -0.4 is 11.1 Å². The Balaban J connectivity index is 2.50. The van der Waals surface area contributed by atoms with E-state index in [9.17, 15) is 4.79 Å². The van der Waals surface area contributed by atoms with Crippen LogP contribution in [0.2, 0.25) is 0 Å². The first-order chi connectivity index (χ1) is 4.75. The minimum atomic E-state index is -0.156. The predicted molar refractivity (Wildman–Crippen MR) is 39.4 cm³/mol. The normalized spacial score (nSPS) is 32.5. The fourth-order valence-corrected chi connectivity index (χ4v) is 1.54. The van der Waals surface area contributed by atoms with E-state index in [0.29, 0.717) is 6.04 Å². The summed E-state index contributed by atoms with van der Waals surface area (Å²) in [5.41, 5.74) is 5.18. The van der Waals surface area contributed by atoms with Crippen LogP contribution in [0.4, 0.5) is 0 Å². The molecule has 1 fully saturated rings. The molecule has 1 amide bonds. The predicted octanol–water partition coefficient (Wildman–Crippen LogP) is -0.140. The van der Waals surface area contributed by atoms with E-state index in [4.69, 9.17) is 5.73 Å². The van der Waals surface area contributed by atoms with Gasteiger partial charge in [0.05, 0.1) is 5.92 Å². The van der Waals surface area contributed by atoms with Crippen molar-refractivity contribution in [2.45, 2.75) is 25.8 Å². The van der Waals surface area contributed by atoms with Crippen LogP contribution in [0.15, 0.2) is 0 Å². The number of amides is 1. The Morgan fingerprint density at radius 2 is 2.50 bits per heavy atom. The monoisotopic (exact) mass is 142 g/mol. The molecule has 10 heavy (non-hydrogen) atoms. The lowest BCUT2D eigenvalue weighted by molar-refractivity contribution is -0.122. The number of hydrogen-bond donors (Lipinski definition) is 2. The molecule has 0 aromatic rings. The summed E-state index contributed by atoms with van der Waals surface area (Å²) < 4.78 is 0. The summed E-state index contributed by atoms with van der Waals surface area (Å²) in [5.74, 6) is -0.0816. The van der Waals surface area contributed by atoms with Crippen LogP contribution in [0.5, 0.6) is 0 Å². The minimum absolute atomic E-state index is 0.0741. The third-order valence-electron chi connectivity index (χ3n) is 2.15. The molecule has 1 aliphatic rings. The van der Waals surface area contributed by atoms with Crippen molar-refractivity contribution in [2.24, 2.45) is 11.7 Å². The summed E-state index contributed by atoms with van der Waals surface area (Å²) in [7, 11) is 0. The second-order valence-corrected chi connectivity index (χ2v) is 2.77. The molecule has 3 nitrogen and oxygen atoms in total. The molecule has 0 saturated carbocycles. The van der Waals surface area contributed by atoms with Gasteiger partial charge in [-0.15, -0.1) is 0 Å². The second kappa shape index (κ2) is 3.01. The van der Waals surface area contributed by atoms with Crippen molar-refractivity contribution in [3.05, 3.63) is 0 Å². The van der Waals surface area contributed by atoms with Gasteiger partial charge in [0, 0.05) is 6.04 Å². The van der Waals surface area contributed by atoms with E-state index in [2.05, 4.69) is 12.2 Å². The molecule has 2 atom stereocenters. The fourth-order valence-electron chi connectivity index (χ4n) is 1.54. The van der Waals surface area contributed by atoms with E-state index in [0.717, 1.165) is 19.4 Å². The molecule has 1 aliphatic heterocycles. The van der Waals surface area contributed by atoms with Crippen molar-refractivity contribution in [1.82, 2.24) is 5.32 Å². The molecular formula is C7H14N2O. The average Bonchev–Trinajstić information content (AvgIpc) is 2.33. The van der Waals surface area contributed by atoms with Gasteiger partial charge in [0.25, 0.3) is 0 Å². The summed E-state index contributed by atoms with van der Waals surface area (Å²) in [6.45, 7) is 3.00. The first kappa shape index (κ1) is 7.54. The molecule has 1 rings (SSSR count). The zero-order valence-corrected chi connectivity index (χ0v) is 6.26. The quantitative estimate of drug-likeness (QED) is 0.564. The van der Waals surface area contributed by atoms with Crippen molar-refractivity contribution < 1.29 is 4.79 Å². The topological polar surface area (TPSA) is 55.1 Å². The molecule has 0 spiro atoms. The number of rotatable bonds is 2. The number of primary amides is 1. The van der Waals surface area contributed by atoms with Crippen LogP contribution in [-0.2, 0) is 4.79 Å². The number of nitrogens with two attached hydrogens (primary N) is 1. The highest BCUT2D eigenvalue weighted by atomic mass is 16.1. The Hall–Kier alpha value is -0.570. The Labute approximate surface area is 61.0 Å². The lowest BCUT2D eigenvalue weighted by Gasteiger charge is -2.13. The number of nitrogens with one attached hydrogen (secondary N) is 1. The van der Waals surface area contributed by atoms with Gasteiger partial charge in [-0.25, -0.2) is 0 Å². The summed E-state index contributed by atoms with van der Waals surface area (Å²) in [4.78, 5) is 10.8. The Morgan fingerprint density at radius 1 is 1.80 bits per heavy atom. The maximum atomic E-state index is 10.8.